The highest BCUT2D eigenvalue weighted by Crippen LogP contribution is 2.10. The van der Waals surface area contributed by atoms with E-state index in [0.717, 1.165) is 13.1 Å². The summed E-state index contributed by atoms with van der Waals surface area (Å²) in [6.07, 6.45) is 4.67. The van der Waals surface area contributed by atoms with Crippen LogP contribution in [0.25, 0.3) is 0 Å². The van der Waals surface area contributed by atoms with Crippen LogP contribution in [0.5, 0.6) is 0 Å². The molecule has 10 heavy (non-hydrogen) atoms. The Balaban J connectivity index is 1.91. The second-order valence-electron chi connectivity index (χ2n) is 2.85. The van der Waals surface area contributed by atoms with E-state index in [0.29, 0.717) is 0 Å². The summed E-state index contributed by atoms with van der Waals surface area (Å²) in [5, 5.41) is 4.63. The standard InChI is InChI=1S/C7H13N3/c1-2-5-9(4-1)10-6-3-8-7-10/h7H,1-6H2. The van der Waals surface area contributed by atoms with Gasteiger partial charge in [-0.3, -0.25) is 10.0 Å². The topological polar surface area (TPSA) is 18.8 Å². The van der Waals surface area contributed by atoms with Crippen molar-refractivity contribution in [2.75, 3.05) is 26.2 Å². The predicted molar refractivity (Wildman–Crippen MR) is 40.9 cm³/mol. The van der Waals surface area contributed by atoms with Gasteiger partial charge in [-0.05, 0) is 12.8 Å². The van der Waals surface area contributed by atoms with Crippen molar-refractivity contribution in [3.63, 3.8) is 0 Å². The monoisotopic (exact) mass is 139 g/mol. The van der Waals surface area contributed by atoms with Crippen molar-refractivity contribution < 1.29 is 0 Å². The van der Waals surface area contributed by atoms with E-state index in [1.54, 1.807) is 0 Å². The SMILES string of the molecule is C1=NCCN1N1CCCC1. The molecule has 2 heterocycles. The van der Waals surface area contributed by atoms with Crippen LogP contribution < -0.4 is 0 Å². The summed E-state index contributed by atoms with van der Waals surface area (Å²) < 4.78 is 0. The molecular weight excluding hydrogens is 126 g/mol. The molecule has 2 aliphatic rings. The number of aliphatic imine (C=N–C) groups is 1. The maximum Gasteiger partial charge on any atom is 0.0995 e. The Morgan fingerprint density at radius 1 is 1.10 bits per heavy atom. The smallest absolute Gasteiger partial charge is 0.0995 e. The van der Waals surface area contributed by atoms with Crippen LogP contribution in [0.1, 0.15) is 12.8 Å². The minimum Gasteiger partial charge on any atom is -0.294 e. The summed E-state index contributed by atoms with van der Waals surface area (Å²) in [7, 11) is 0. The Hall–Kier alpha value is -0.570. The summed E-state index contributed by atoms with van der Waals surface area (Å²) in [5.41, 5.74) is 0. The fourth-order valence-corrected chi connectivity index (χ4v) is 1.54. The molecule has 1 saturated heterocycles. The molecular formula is C7H13N3. The highest BCUT2D eigenvalue weighted by Gasteiger charge is 2.18. The summed E-state index contributed by atoms with van der Waals surface area (Å²) in [6, 6.07) is 0. The van der Waals surface area contributed by atoms with Crippen LogP contribution in [0.4, 0.5) is 0 Å². The molecule has 0 N–H and O–H groups in total. The van der Waals surface area contributed by atoms with Gasteiger partial charge in [0.25, 0.3) is 0 Å². The van der Waals surface area contributed by atoms with Crippen molar-refractivity contribution >= 4 is 6.34 Å². The minimum absolute atomic E-state index is 0.983. The summed E-state index contributed by atoms with van der Waals surface area (Å²) in [4.78, 5) is 4.17. The molecule has 0 aromatic heterocycles. The Labute approximate surface area is 61.3 Å². The van der Waals surface area contributed by atoms with Gasteiger partial charge in [-0.1, -0.05) is 0 Å². The molecule has 0 spiro atoms. The molecule has 0 aromatic carbocycles. The molecule has 0 aliphatic carbocycles. The molecule has 0 aromatic rings. The highest BCUT2D eigenvalue weighted by molar-refractivity contribution is 5.56. The average Bonchev–Trinajstić information content (AvgIpc) is 2.59. The maximum absolute atomic E-state index is 4.17. The number of rotatable bonds is 1. The van der Waals surface area contributed by atoms with Gasteiger partial charge in [-0.15, -0.1) is 0 Å². The Morgan fingerprint density at radius 3 is 2.50 bits per heavy atom. The zero-order chi connectivity index (χ0) is 6.81. The number of hydrazine groups is 1. The first-order valence-electron chi connectivity index (χ1n) is 3.98. The van der Waals surface area contributed by atoms with E-state index in [9.17, 15) is 0 Å². The maximum atomic E-state index is 4.17. The lowest BCUT2D eigenvalue weighted by Crippen LogP contribution is -2.38. The lowest BCUT2D eigenvalue weighted by Gasteiger charge is -2.25. The van der Waals surface area contributed by atoms with Crippen LogP contribution in [-0.4, -0.2) is 42.5 Å². The fraction of sp³-hybridized carbons (Fsp3) is 0.857. The summed E-state index contributed by atoms with van der Waals surface area (Å²) in [6.45, 7) is 4.54. The van der Waals surface area contributed by atoms with Gasteiger partial charge in [0.2, 0.25) is 0 Å². The first-order chi connectivity index (χ1) is 4.97. The van der Waals surface area contributed by atoms with Gasteiger partial charge in [0.1, 0.15) is 0 Å². The van der Waals surface area contributed by atoms with Gasteiger partial charge >= 0.3 is 0 Å². The largest absolute Gasteiger partial charge is 0.294 e. The predicted octanol–water partition coefficient (Wildman–Crippen LogP) is 0.341. The third-order valence-corrected chi connectivity index (χ3v) is 2.12. The average molecular weight is 139 g/mol. The summed E-state index contributed by atoms with van der Waals surface area (Å²) in [5.74, 6) is 0. The molecule has 0 unspecified atom stereocenters. The molecule has 56 valence electrons. The Morgan fingerprint density at radius 2 is 1.90 bits per heavy atom. The Bertz CT molecular complexity index is 138. The van der Waals surface area contributed by atoms with Gasteiger partial charge < -0.3 is 0 Å². The van der Waals surface area contributed by atoms with Crippen LogP contribution in [0.2, 0.25) is 0 Å². The zero-order valence-electron chi connectivity index (χ0n) is 6.16. The van der Waals surface area contributed by atoms with Crippen molar-refractivity contribution in [1.29, 1.82) is 0 Å². The third kappa shape index (κ3) is 1.01. The molecule has 2 rings (SSSR count). The lowest BCUT2D eigenvalue weighted by atomic mass is 10.4. The molecule has 0 bridgehead atoms. The fourth-order valence-electron chi connectivity index (χ4n) is 1.54. The quantitative estimate of drug-likeness (QED) is 0.521. The van der Waals surface area contributed by atoms with Crippen LogP contribution in [-0.2, 0) is 0 Å². The Kier molecular flexibility index (Phi) is 1.59. The van der Waals surface area contributed by atoms with Crippen LogP contribution in [0.3, 0.4) is 0 Å². The summed E-state index contributed by atoms with van der Waals surface area (Å²) >= 11 is 0. The van der Waals surface area contributed by atoms with E-state index in [-0.39, 0.29) is 0 Å². The molecule has 0 amide bonds. The van der Waals surface area contributed by atoms with Crippen molar-refractivity contribution in [3.05, 3.63) is 0 Å². The van der Waals surface area contributed by atoms with E-state index in [4.69, 9.17) is 0 Å². The number of hydrogen-bond acceptors (Lipinski definition) is 3. The van der Waals surface area contributed by atoms with E-state index in [2.05, 4.69) is 15.0 Å². The first-order valence-corrected chi connectivity index (χ1v) is 3.98. The van der Waals surface area contributed by atoms with E-state index in [1.165, 1.54) is 25.9 Å². The van der Waals surface area contributed by atoms with Gasteiger partial charge in [0.15, 0.2) is 0 Å². The van der Waals surface area contributed by atoms with Gasteiger partial charge in [-0.25, -0.2) is 5.01 Å². The first kappa shape index (κ1) is 6.16. The van der Waals surface area contributed by atoms with Crippen molar-refractivity contribution in [2.45, 2.75) is 12.8 Å². The molecule has 0 saturated carbocycles. The number of nitrogens with zero attached hydrogens (tertiary/aromatic N) is 3. The molecule has 3 heteroatoms. The van der Waals surface area contributed by atoms with E-state index < -0.39 is 0 Å². The minimum atomic E-state index is 0.983. The molecule has 0 atom stereocenters. The molecule has 1 fully saturated rings. The van der Waals surface area contributed by atoms with Crippen LogP contribution in [0.15, 0.2) is 4.99 Å². The van der Waals surface area contributed by atoms with E-state index >= 15 is 0 Å². The van der Waals surface area contributed by atoms with Crippen LogP contribution >= 0.6 is 0 Å². The van der Waals surface area contributed by atoms with Crippen molar-refractivity contribution in [3.8, 4) is 0 Å². The van der Waals surface area contributed by atoms with Crippen molar-refractivity contribution in [2.24, 2.45) is 4.99 Å². The van der Waals surface area contributed by atoms with Crippen LogP contribution in [0, 0.1) is 0 Å². The normalized spacial score (nSPS) is 26.6. The lowest BCUT2D eigenvalue weighted by molar-refractivity contribution is 0.0922. The molecule has 2 aliphatic heterocycles. The van der Waals surface area contributed by atoms with Gasteiger partial charge in [0, 0.05) is 13.1 Å². The highest BCUT2D eigenvalue weighted by atomic mass is 15.6. The second kappa shape index (κ2) is 2.58. The third-order valence-electron chi connectivity index (χ3n) is 2.12. The van der Waals surface area contributed by atoms with E-state index in [1.807, 2.05) is 6.34 Å². The van der Waals surface area contributed by atoms with Gasteiger partial charge in [0.05, 0.1) is 19.4 Å². The number of hydrogen-bond donors (Lipinski definition) is 0. The van der Waals surface area contributed by atoms with Gasteiger partial charge in [-0.2, -0.15) is 0 Å². The zero-order valence-corrected chi connectivity index (χ0v) is 6.16. The molecule has 3 nitrogen and oxygen atoms in total. The molecule has 0 radical (unpaired) electrons. The second-order valence-corrected chi connectivity index (χ2v) is 2.85. The van der Waals surface area contributed by atoms with Crippen molar-refractivity contribution in [1.82, 2.24) is 10.0 Å².